The van der Waals surface area contributed by atoms with E-state index < -0.39 is 12.2 Å². The maximum Gasteiger partial charge on any atom is 0.403 e. The van der Waals surface area contributed by atoms with Crippen LogP contribution in [-0.4, -0.2) is 24.1 Å². The normalized spacial score (nSPS) is 13.6. The molecular formula is C12H15BrF3N. The van der Waals surface area contributed by atoms with E-state index in [2.05, 4.69) is 21.2 Å². The Morgan fingerprint density at radius 3 is 2.35 bits per heavy atom. The van der Waals surface area contributed by atoms with Crippen LogP contribution in [0.15, 0.2) is 30.3 Å². The van der Waals surface area contributed by atoms with Gasteiger partial charge in [-0.3, -0.25) is 0 Å². The molecule has 0 bridgehead atoms. The highest BCUT2D eigenvalue weighted by atomic mass is 79.9. The largest absolute Gasteiger partial charge is 0.403 e. The molecule has 1 nitrogen and oxygen atoms in total. The number of benzene rings is 1. The smallest absolute Gasteiger partial charge is 0.306 e. The van der Waals surface area contributed by atoms with Crippen LogP contribution in [0.3, 0.4) is 0 Å². The molecule has 0 saturated heterocycles. The van der Waals surface area contributed by atoms with E-state index >= 15 is 0 Å². The Morgan fingerprint density at radius 1 is 1.18 bits per heavy atom. The summed E-state index contributed by atoms with van der Waals surface area (Å²) in [5.41, 5.74) is 1.04. The topological polar surface area (TPSA) is 12.0 Å². The SMILES string of the molecule is FC(F)(F)C(CCBr)NCCc1ccccc1. The molecule has 0 heterocycles. The Labute approximate surface area is 108 Å². The second-order valence-corrected chi connectivity index (χ2v) is 4.55. The lowest BCUT2D eigenvalue weighted by atomic mass is 10.1. The first-order valence-electron chi connectivity index (χ1n) is 5.44. The molecule has 0 aliphatic carbocycles. The van der Waals surface area contributed by atoms with Gasteiger partial charge in [0.25, 0.3) is 0 Å². The van der Waals surface area contributed by atoms with Crippen LogP contribution in [-0.2, 0) is 6.42 Å². The van der Waals surface area contributed by atoms with Gasteiger partial charge in [-0.05, 0) is 24.9 Å². The van der Waals surface area contributed by atoms with Gasteiger partial charge in [-0.15, -0.1) is 0 Å². The molecule has 1 unspecified atom stereocenters. The van der Waals surface area contributed by atoms with E-state index in [4.69, 9.17) is 0 Å². The zero-order chi connectivity index (χ0) is 12.7. The molecule has 17 heavy (non-hydrogen) atoms. The van der Waals surface area contributed by atoms with E-state index in [1.807, 2.05) is 30.3 Å². The van der Waals surface area contributed by atoms with Gasteiger partial charge in [-0.2, -0.15) is 13.2 Å². The summed E-state index contributed by atoms with van der Waals surface area (Å²) in [5, 5.41) is 2.90. The highest BCUT2D eigenvalue weighted by Crippen LogP contribution is 2.22. The average Bonchev–Trinajstić information content (AvgIpc) is 2.28. The predicted molar refractivity (Wildman–Crippen MR) is 66.4 cm³/mol. The van der Waals surface area contributed by atoms with Crippen molar-refractivity contribution in [3.63, 3.8) is 0 Å². The van der Waals surface area contributed by atoms with Gasteiger partial charge in [0, 0.05) is 5.33 Å². The summed E-state index contributed by atoms with van der Waals surface area (Å²) in [7, 11) is 0. The van der Waals surface area contributed by atoms with Crippen molar-refractivity contribution >= 4 is 15.9 Å². The van der Waals surface area contributed by atoms with Crippen LogP contribution < -0.4 is 5.32 Å². The maximum absolute atomic E-state index is 12.5. The van der Waals surface area contributed by atoms with Crippen LogP contribution in [0.25, 0.3) is 0 Å². The second-order valence-electron chi connectivity index (χ2n) is 3.76. The van der Waals surface area contributed by atoms with Crippen molar-refractivity contribution in [2.24, 2.45) is 0 Å². The van der Waals surface area contributed by atoms with Gasteiger partial charge in [0.2, 0.25) is 0 Å². The Morgan fingerprint density at radius 2 is 1.82 bits per heavy atom. The highest BCUT2D eigenvalue weighted by molar-refractivity contribution is 9.09. The van der Waals surface area contributed by atoms with Gasteiger partial charge in [-0.1, -0.05) is 46.3 Å². The molecular weight excluding hydrogens is 295 g/mol. The molecule has 96 valence electrons. The lowest BCUT2D eigenvalue weighted by Gasteiger charge is -2.20. The second kappa shape index (κ2) is 7.01. The van der Waals surface area contributed by atoms with Gasteiger partial charge in [0.1, 0.15) is 6.04 Å². The fourth-order valence-corrected chi connectivity index (χ4v) is 1.98. The molecule has 0 aromatic heterocycles. The molecule has 1 N–H and O–H groups in total. The molecule has 1 aromatic rings. The monoisotopic (exact) mass is 309 g/mol. The molecule has 0 aliphatic rings. The molecule has 0 aliphatic heterocycles. The molecule has 0 fully saturated rings. The third-order valence-corrected chi connectivity index (χ3v) is 2.90. The standard InChI is InChI=1S/C12H15BrF3N/c13-8-6-11(12(14,15)16)17-9-7-10-4-2-1-3-5-10/h1-5,11,17H,6-9H2. The number of alkyl halides is 4. The third-order valence-electron chi connectivity index (χ3n) is 2.44. The molecule has 1 atom stereocenters. The van der Waals surface area contributed by atoms with Crippen molar-refractivity contribution < 1.29 is 13.2 Å². The third kappa shape index (κ3) is 5.55. The van der Waals surface area contributed by atoms with Crippen LogP contribution in [0.4, 0.5) is 13.2 Å². The van der Waals surface area contributed by atoms with Crippen LogP contribution >= 0.6 is 15.9 Å². The molecule has 5 heteroatoms. The molecule has 0 spiro atoms. The number of nitrogens with one attached hydrogen (secondary N) is 1. The summed E-state index contributed by atoms with van der Waals surface area (Å²) in [4.78, 5) is 0. The van der Waals surface area contributed by atoms with E-state index in [1.165, 1.54) is 0 Å². The number of hydrogen-bond donors (Lipinski definition) is 1. The maximum atomic E-state index is 12.5. The Kier molecular flexibility index (Phi) is 5.98. The van der Waals surface area contributed by atoms with Crippen molar-refractivity contribution in [2.75, 3.05) is 11.9 Å². The molecule has 0 amide bonds. The van der Waals surface area contributed by atoms with Gasteiger partial charge in [0.05, 0.1) is 0 Å². The number of rotatable bonds is 6. The van der Waals surface area contributed by atoms with Crippen LogP contribution in [0.5, 0.6) is 0 Å². The van der Waals surface area contributed by atoms with E-state index in [9.17, 15) is 13.2 Å². The lowest BCUT2D eigenvalue weighted by molar-refractivity contribution is -0.155. The van der Waals surface area contributed by atoms with Crippen molar-refractivity contribution in [3.8, 4) is 0 Å². The Hall–Kier alpha value is -0.550. The molecule has 0 saturated carbocycles. The first kappa shape index (κ1) is 14.5. The minimum atomic E-state index is -4.18. The molecule has 1 rings (SSSR count). The zero-order valence-corrected chi connectivity index (χ0v) is 10.9. The quantitative estimate of drug-likeness (QED) is 0.793. The fourth-order valence-electron chi connectivity index (χ4n) is 1.53. The van der Waals surface area contributed by atoms with Gasteiger partial charge < -0.3 is 5.32 Å². The minimum Gasteiger partial charge on any atom is -0.306 e. The van der Waals surface area contributed by atoms with E-state index in [-0.39, 0.29) is 6.42 Å². The van der Waals surface area contributed by atoms with E-state index in [0.717, 1.165) is 5.56 Å². The van der Waals surface area contributed by atoms with Crippen LogP contribution in [0.1, 0.15) is 12.0 Å². The minimum absolute atomic E-state index is 0.0539. The Balaban J connectivity index is 2.37. The number of hydrogen-bond acceptors (Lipinski definition) is 1. The highest BCUT2D eigenvalue weighted by Gasteiger charge is 2.38. The van der Waals surface area contributed by atoms with Crippen LogP contribution in [0.2, 0.25) is 0 Å². The molecule has 1 aromatic carbocycles. The van der Waals surface area contributed by atoms with Gasteiger partial charge >= 0.3 is 6.18 Å². The summed E-state index contributed by atoms with van der Waals surface area (Å²) in [6, 6.07) is 8.05. The van der Waals surface area contributed by atoms with Gasteiger partial charge in [0.15, 0.2) is 0 Å². The first-order valence-corrected chi connectivity index (χ1v) is 6.56. The predicted octanol–water partition coefficient (Wildman–Crippen LogP) is 3.53. The summed E-state index contributed by atoms with van der Waals surface area (Å²) in [5.74, 6) is 0. The summed E-state index contributed by atoms with van der Waals surface area (Å²) < 4.78 is 37.6. The summed E-state index contributed by atoms with van der Waals surface area (Å²) in [6.45, 7) is 0.335. The summed E-state index contributed by atoms with van der Waals surface area (Å²) >= 11 is 3.04. The summed E-state index contributed by atoms with van der Waals surface area (Å²) in [6.07, 6.45) is -3.52. The van der Waals surface area contributed by atoms with Crippen molar-refractivity contribution in [2.45, 2.75) is 25.1 Å². The van der Waals surface area contributed by atoms with E-state index in [1.54, 1.807) is 0 Å². The fraction of sp³-hybridized carbons (Fsp3) is 0.500. The van der Waals surface area contributed by atoms with Crippen molar-refractivity contribution in [3.05, 3.63) is 35.9 Å². The van der Waals surface area contributed by atoms with Gasteiger partial charge in [-0.25, -0.2) is 0 Å². The lowest BCUT2D eigenvalue weighted by Crippen LogP contribution is -2.43. The molecule has 0 radical (unpaired) electrons. The van der Waals surface area contributed by atoms with Crippen LogP contribution in [0, 0.1) is 0 Å². The first-order chi connectivity index (χ1) is 8.04. The van der Waals surface area contributed by atoms with Crippen molar-refractivity contribution in [1.82, 2.24) is 5.32 Å². The van der Waals surface area contributed by atoms with E-state index in [0.29, 0.717) is 18.3 Å². The number of halogens is 4. The van der Waals surface area contributed by atoms with Crippen molar-refractivity contribution in [1.29, 1.82) is 0 Å². The zero-order valence-electron chi connectivity index (χ0n) is 9.30. The Bertz CT molecular complexity index is 313. The average molecular weight is 310 g/mol.